The summed E-state index contributed by atoms with van der Waals surface area (Å²) in [4.78, 5) is 12.4. The molecule has 3 heteroatoms. The number of fused-ring (bicyclic) bond motifs is 3. The Morgan fingerprint density at radius 2 is 1.64 bits per heavy atom. The first-order valence-electron chi connectivity index (χ1n) is 8.75. The summed E-state index contributed by atoms with van der Waals surface area (Å²) in [5.41, 5.74) is 4.91. The molecule has 128 valence electrons. The van der Waals surface area contributed by atoms with E-state index in [0.717, 1.165) is 24.3 Å². The number of hydrogen-bond acceptors (Lipinski definition) is 3. The quantitative estimate of drug-likeness (QED) is 0.834. The van der Waals surface area contributed by atoms with E-state index in [0.29, 0.717) is 12.3 Å². The standard InChI is InChI=1S/C22H22O3/c1-24-17-6-3-14(4-7-17)21-12-16(23)13-22-19-10-8-18(25-2)11-15(19)5-9-20(21)22/h3-4,6-8,10-11,13,20-21H,5,9,12H2,1-2H3/t20-,21+/m0/s1. The molecule has 0 N–H and O–H groups in total. The Kier molecular flexibility index (Phi) is 4.08. The van der Waals surface area contributed by atoms with Crippen LogP contribution in [-0.4, -0.2) is 20.0 Å². The zero-order chi connectivity index (χ0) is 17.4. The Labute approximate surface area is 148 Å². The summed E-state index contributed by atoms with van der Waals surface area (Å²) in [7, 11) is 3.36. The predicted molar refractivity (Wildman–Crippen MR) is 98.1 cm³/mol. The van der Waals surface area contributed by atoms with Gasteiger partial charge in [0.25, 0.3) is 0 Å². The average molecular weight is 334 g/mol. The fourth-order valence-electron chi connectivity index (χ4n) is 4.25. The molecule has 2 aromatic rings. The van der Waals surface area contributed by atoms with Crippen LogP contribution in [0.25, 0.3) is 5.57 Å². The minimum Gasteiger partial charge on any atom is -0.497 e. The number of carbonyl (C=O) groups excluding carboxylic acids is 1. The third-order valence-corrected chi connectivity index (χ3v) is 5.51. The molecular formula is C22H22O3. The Bertz CT molecular complexity index is 833. The van der Waals surface area contributed by atoms with Crippen molar-refractivity contribution in [1.29, 1.82) is 0 Å². The lowest BCUT2D eigenvalue weighted by atomic mass is 9.67. The molecule has 0 radical (unpaired) electrons. The molecule has 0 fully saturated rings. The van der Waals surface area contributed by atoms with Crippen molar-refractivity contribution in [2.45, 2.75) is 25.2 Å². The second kappa shape index (κ2) is 6.40. The smallest absolute Gasteiger partial charge is 0.156 e. The summed E-state index contributed by atoms with van der Waals surface area (Å²) in [6.07, 6.45) is 4.55. The van der Waals surface area contributed by atoms with E-state index in [1.165, 1.54) is 22.3 Å². The molecule has 4 rings (SSSR count). The molecule has 2 atom stereocenters. The van der Waals surface area contributed by atoms with Gasteiger partial charge in [-0.15, -0.1) is 0 Å². The second-order valence-electron chi connectivity index (χ2n) is 6.82. The van der Waals surface area contributed by atoms with Crippen molar-refractivity contribution in [2.24, 2.45) is 5.92 Å². The fourth-order valence-corrected chi connectivity index (χ4v) is 4.25. The van der Waals surface area contributed by atoms with E-state index >= 15 is 0 Å². The number of carbonyl (C=O) groups is 1. The van der Waals surface area contributed by atoms with Gasteiger partial charge in [-0.2, -0.15) is 0 Å². The van der Waals surface area contributed by atoms with Crippen molar-refractivity contribution in [3.63, 3.8) is 0 Å². The Morgan fingerprint density at radius 1 is 0.920 bits per heavy atom. The average Bonchev–Trinajstić information content (AvgIpc) is 2.66. The molecule has 2 aliphatic carbocycles. The van der Waals surface area contributed by atoms with Crippen LogP contribution in [0.4, 0.5) is 0 Å². The highest BCUT2D eigenvalue weighted by Gasteiger charge is 2.36. The van der Waals surface area contributed by atoms with Gasteiger partial charge in [0, 0.05) is 6.42 Å². The van der Waals surface area contributed by atoms with Crippen LogP contribution in [0.1, 0.15) is 35.4 Å². The molecule has 2 aromatic carbocycles. The summed E-state index contributed by atoms with van der Waals surface area (Å²) < 4.78 is 10.6. The van der Waals surface area contributed by atoms with E-state index < -0.39 is 0 Å². The topological polar surface area (TPSA) is 35.5 Å². The van der Waals surface area contributed by atoms with E-state index in [9.17, 15) is 4.79 Å². The maximum atomic E-state index is 12.4. The molecule has 0 aromatic heterocycles. The van der Waals surface area contributed by atoms with Crippen LogP contribution >= 0.6 is 0 Å². The van der Waals surface area contributed by atoms with Crippen molar-refractivity contribution in [3.8, 4) is 11.5 Å². The minimum atomic E-state index is 0.218. The largest absolute Gasteiger partial charge is 0.497 e. The number of ketones is 1. The first kappa shape index (κ1) is 15.9. The van der Waals surface area contributed by atoms with Gasteiger partial charge in [-0.25, -0.2) is 0 Å². The van der Waals surface area contributed by atoms with E-state index in [1.807, 2.05) is 24.3 Å². The maximum Gasteiger partial charge on any atom is 0.156 e. The SMILES string of the molecule is COc1ccc([C@H]2CC(=O)C=C3c4ccc(OC)cc4CC[C@H]32)cc1. The lowest BCUT2D eigenvalue weighted by Gasteiger charge is -2.37. The Hall–Kier alpha value is -2.55. The normalized spacial score (nSPS) is 21.8. The van der Waals surface area contributed by atoms with E-state index in [2.05, 4.69) is 24.3 Å². The molecule has 0 heterocycles. The van der Waals surface area contributed by atoms with E-state index in [-0.39, 0.29) is 11.7 Å². The Balaban J connectivity index is 1.72. The first-order valence-corrected chi connectivity index (χ1v) is 8.75. The molecule has 0 spiro atoms. The van der Waals surface area contributed by atoms with E-state index in [1.54, 1.807) is 14.2 Å². The molecule has 0 saturated carbocycles. The third kappa shape index (κ3) is 2.84. The van der Waals surface area contributed by atoms with Crippen LogP contribution in [0.15, 0.2) is 48.5 Å². The predicted octanol–water partition coefficient (Wildman–Crippen LogP) is 4.41. The van der Waals surface area contributed by atoms with Crippen LogP contribution in [0.3, 0.4) is 0 Å². The molecular weight excluding hydrogens is 312 g/mol. The van der Waals surface area contributed by atoms with Gasteiger partial charge in [0.2, 0.25) is 0 Å². The third-order valence-electron chi connectivity index (χ3n) is 5.51. The van der Waals surface area contributed by atoms with Crippen molar-refractivity contribution in [2.75, 3.05) is 14.2 Å². The number of benzene rings is 2. The molecule has 0 saturated heterocycles. The lowest BCUT2D eigenvalue weighted by Crippen LogP contribution is -2.26. The zero-order valence-corrected chi connectivity index (χ0v) is 14.6. The summed E-state index contributed by atoms with van der Waals surface area (Å²) in [6.45, 7) is 0. The molecule has 0 aliphatic heterocycles. The lowest BCUT2D eigenvalue weighted by molar-refractivity contribution is -0.115. The zero-order valence-electron chi connectivity index (χ0n) is 14.6. The van der Waals surface area contributed by atoms with Crippen molar-refractivity contribution in [3.05, 3.63) is 65.2 Å². The van der Waals surface area contributed by atoms with Crippen LogP contribution < -0.4 is 9.47 Å². The van der Waals surface area contributed by atoms with Crippen LogP contribution in [0.2, 0.25) is 0 Å². The number of methoxy groups -OCH3 is 2. The summed E-state index contributed by atoms with van der Waals surface area (Å²) in [6, 6.07) is 14.4. The number of allylic oxidation sites excluding steroid dienone is 2. The molecule has 0 bridgehead atoms. The van der Waals surface area contributed by atoms with Gasteiger partial charge in [0.05, 0.1) is 14.2 Å². The van der Waals surface area contributed by atoms with Gasteiger partial charge >= 0.3 is 0 Å². The minimum absolute atomic E-state index is 0.218. The number of rotatable bonds is 3. The first-order chi connectivity index (χ1) is 12.2. The van der Waals surface area contributed by atoms with Gasteiger partial charge in [-0.05, 0) is 77.3 Å². The summed E-state index contributed by atoms with van der Waals surface area (Å²) in [5.74, 6) is 2.59. The van der Waals surface area contributed by atoms with Gasteiger partial charge in [-0.3, -0.25) is 4.79 Å². The van der Waals surface area contributed by atoms with Gasteiger partial charge in [-0.1, -0.05) is 18.2 Å². The highest BCUT2D eigenvalue weighted by atomic mass is 16.5. The highest BCUT2D eigenvalue weighted by molar-refractivity contribution is 6.00. The number of ether oxygens (including phenoxy) is 2. The molecule has 0 unspecified atom stereocenters. The molecule has 25 heavy (non-hydrogen) atoms. The Morgan fingerprint density at radius 3 is 2.36 bits per heavy atom. The van der Waals surface area contributed by atoms with Gasteiger partial charge in [0.1, 0.15) is 11.5 Å². The van der Waals surface area contributed by atoms with Crippen LogP contribution in [-0.2, 0) is 11.2 Å². The molecule has 0 amide bonds. The molecule has 2 aliphatic rings. The van der Waals surface area contributed by atoms with Crippen molar-refractivity contribution < 1.29 is 14.3 Å². The summed E-state index contributed by atoms with van der Waals surface area (Å²) >= 11 is 0. The highest BCUT2D eigenvalue weighted by Crippen LogP contribution is 2.48. The second-order valence-corrected chi connectivity index (χ2v) is 6.82. The maximum absolute atomic E-state index is 12.4. The van der Waals surface area contributed by atoms with Crippen molar-refractivity contribution in [1.82, 2.24) is 0 Å². The number of hydrogen-bond donors (Lipinski definition) is 0. The van der Waals surface area contributed by atoms with Crippen molar-refractivity contribution >= 4 is 11.4 Å². The molecule has 3 nitrogen and oxygen atoms in total. The van der Waals surface area contributed by atoms with Gasteiger partial charge in [0.15, 0.2) is 5.78 Å². The van der Waals surface area contributed by atoms with Gasteiger partial charge < -0.3 is 9.47 Å². The van der Waals surface area contributed by atoms with E-state index in [4.69, 9.17) is 9.47 Å². The number of aryl methyl sites for hydroxylation is 1. The van der Waals surface area contributed by atoms with Crippen LogP contribution in [0.5, 0.6) is 11.5 Å². The monoisotopic (exact) mass is 334 g/mol. The fraction of sp³-hybridized carbons (Fsp3) is 0.318. The van der Waals surface area contributed by atoms with Crippen LogP contribution in [0, 0.1) is 5.92 Å². The summed E-state index contributed by atoms with van der Waals surface area (Å²) in [5, 5.41) is 0.